The minimum Gasteiger partial charge on any atom is -0.478 e. The number of benzene rings is 1. The van der Waals surface area contributed by atoms with E-state index in [0.717, 1.165) is 23.7 Å². The Labute approximate surface area is 119 Å². The van der Waals surface area contributed by atoms with Crippen molar-refractivity contribution in [1.29, 1.82) is 0 Å². The van der Waals surface area contributed by atoms with Gasteiger partial charge in [0.1, 0.15) is 5.15 Å². The van der Waals surface area contributed by atoms with Crippen LogP contribution >= 0.6 is 22.9 Å². The highest BCUT2D eigenvalue weighted by Gasteiger charge is 2.20. The van der Waals surface area contributed by atoms with Crippen LogP contribution < -0.4 is 4.90 Å². The summed E-state index contributed by atoms with van der Waals surface area (Å²) in [7, 11) is 0. The number of carboxylic acids is 1. The van der Waals surface area contributed by atoms with E-state index in [4.69, 9.17) is 16.7 Å². The zero-order chi connectivity index (χ0) is 13.4. The normalized spacial score (nSPS) is 14.3. The van der Waals surface area contributed by atoms with Crippen molar-refractivity contribution in [3.63, 3.8) is 0 Å². The first-order valence-corrected chi connectivity index (χ1v) is 7.10. The Morgan fingerprint density at radius 1 is 1.42 bits per heavy atom. The van der Waals surface area contributed by atoms with Crippen molar-refractivity contribution >= 4 is 34.0 Å². The van der Waals surface area contributed by atoms with Gasteiger partial charge in [-0.15, -0.1) is 11.3 Å². The topological polar surface area (TPSA) is 53.4 Å². The van der Waals surface area contributed by atoms with Crippen LogP contribution in [0.15, 0.2) is 23.6 Å². The molecule has 1 aromatic heterocycles. The molecule has 0 saturated carbocycles. The molecule has 1 N–H and O–H groups in total. The van der Waals surface area contributed by atoms with Gasteiger partial charge in [0.25, 0.3) is 0 Å². The van der Waals surface area contributed by atoms with Crippen molar-refractivity contribution in [2.75, 3.05) is 11.4 Å². The molecule has 19 heavy (non-hydrogen) atoms. The minimum absolute atomic E-state index is 0.331. The summed E-state index contributed by atoms with van der Waals surface area (Å²) in [5.41, 5.74) is 2.60. The summed E-state index contributed by atoms with van der Waals surface area (Å²) in [5.74, 6) is -0.891. The Bertz CT molecular complexity index is 641. The molecule has 1 aromatic carbocycles. The van der Waals surface area contributed by atoms with E-state index >= 15 is 0 Å². The highest BCUT2D eigenvalue weighted by atomic mass is 35.5. The molecule has 0 saturated heterocycles. The molecule has 0 atom stereocenters. The molecule has 1 aliphatic rings. The minimum atomic E-state index is -0.891. The van der Waals surface area contributed by atoms with Gasteiger partial charge >= 0.3 is 5.97 Å². The van der Waals surface area contributed by atoms with Crippen molar-refractivity contribution in [3.8, 4) is 0 Å². The van der Waals surface area contributed by atoms with Gasteiger partial charge in [0.15, 0.2) is 5.13 Å². The van der Waals surface area contributed by atoms with E-state index in [1.807, 2.05) is 6.07 Å². The average Bonchev–Trinajstić information content (AvgIpc) is 2.84. The summed E-state index contributed by atoms with van der Waals surface area (Å²) >= 11 is 7.35. The highest BCUT2D eigenvalue weighted by molar-refractivity contribution is 7.14. The molecule has 0 spiro atoms. The molecule has 2 aromatic rings. The number of anilines is 1. The zero-order valence-corrected chi connectivity index (χ0v) is 11.5. The third-order valence-corrected chi connectivity index (χ3v) is 4.42. The maximum absolute atomic E-state index is 11.0. The first-order chi connectivity index (χ1) is 9.13. The smallest absolute Gasteiger partial charge is 0.335 e. The average molecular weight is 295 g/mol. The van der Waals surface area contributed by atoms with E-state index in [9.17, 15) is 4.79 Å². The van der Waals surface area contributed by atoms with Crippen LogP contribution in [0, 0.1) is 0 Å². The second-order valence-corrected chi connectivity index (χ2v) is 5.64. The van der Waals surface area contributed by atoms with E-state index < -0.39 is 5.97 Å². The molecule has 0 amide bonds. The Balaban J connectivity index is 1.90. The fourth-order valence-electron chi connectivity index (χ4n) is 2.24. The second kappa shape index (κ2) is 4.83. The largest absolute Gasteiger partial charge is 0.478 e. The summed E-state index contributed by atoms with van der Waals surface area (Å²) in [6, 6.07) is 5.32. The third kappa shape index (κ3) is 2.43. The van der Waals surface area contributed by atoms with E-state index in [-0.39, 0.29) is 0 Å². The van der Waals surface area contributed by atoms with Gasteiger partial charge in [-0.3, -0.25) is 0 Å². The van der Waals surface area contributed by atoms with Gasteiger partial charge in [-0.05, 0) is 29.7 Å². The predicted octanol–water partition coefficient (Wildman–Crippen LogP) is 3.06. The van der Waals surface area contributed by atoms with Crippen LogP contribution in [-0.2, 0) is 13.0 Å². The molecule has 6 heteroatoms. The molecule has 0 fully saturated rings. The van der Waals surface area contributed by atoms with Gasteiger partial charge in [0, 0.05) is 18.5 Å². The summed E-state index contributed by atoms with van der Waals surface area (Å²) < 4.78 is 0. The van der Waals surface area contributed by atoms with Crippen molar-refractivity contribution in [2.45, 2.75) is 13.0 Å². The van der Waals surface area contributed by atoms with Gasteiger partial charge in [-0.1, -0.05) is 17.7 Å². The van der Waals surface area contributed by atoms with Crippen molar-refractivity contribution < 1.29 is 9.90 Å². The second-order valence-electron chi connectivity index (χ2n) is 4.41. The Morgan fingerprint density at radius 2 is 2.26 bits per heavy atom. The van der Waals surface area contributed by atoms with E-state index in [0.29, 0.717) is 17.3 Å². The van der Waals surface area contributed by atoms with Gasteiger partial charge in [0.2, 0.25) is 0 Å². The zero-order valence-electron chi connectivity index (χ0n) is 9.97. The number of nitrogens with zero attached hydrogens (tertiary/aromatic N) is 2. The van der Waals surface area contributed by atoms with Crippen molar-refractivity contribution in [1.82, 2.24) is 4.98 Å². The molecule has 98 valence electrons. The van der Waals surface area contributed by atoms with Crippen LogP contribution in [0.4, 0.5) is 5.13 Å². The van der Waals surface area contributed by atoms with E-state index in [2.05, 4.69) is 9.88 Å². The molecular weight excluding hydrogens is 284 g/mol. The molecule has 1 aliphatic heterocycles. The fraction of sp³-hybridized carbons (Fsp3) is 0.231. The quantitative estimate of drug-likeness (QED) is 0.925. The number of aromatic nitrogens is 1. The Hall–Kier alpha value is -1.59. The molecular formula is C13H11ClN2O2S. The predicted molar refractivity (Wildman–Crippen MR) is 75.3 cm³/mol. The number of carboxylic acid groups (broad SMARTS) is 1. The number of aromatic carboxylic acids is 1. The van der Waals surface area contributed by atoms with E-state index in [1.165, 1.54) is 16.9 Å². The van der Waals surface area contributed by atoms with E-state index in [1.54, 1.807) is 17.5 Å². The monoisotopic (exact) mass is 294 g/mol. The Morgan fingerprint density at radius 3 is 2.95 bits per heavy atom. The molecule has 3 rings (SSSR count). The summed E-state index contributed by atoms with van der Waals surface area (Å²) in [6.07, 6.45) is 0.895. The number of fused-ring (bicyclic) bond motifs is 1. The molecule has 0 aliphatic carbocycles. The van der Waals surface area contributed by atoms with Crippen molar-refractivity contribution in [3.05, 3.63) is 45.4 Å². The molecule has 0 radical (unpaired) electrons. The molecule has 0 unspecified atom stereocenters. The van der Waals surface area contributed by atoms with Crippen LogP contribution in [-0.4, -0.2) is 22.6 Å². The van der Waals surface area contributed by atoms with Gasteiger partial charge in [-0.25, -0.2) is 9.78 Å². The lowest BCUT2D eigenvalue weighted by Gasteiger charge is -2.28. The van der Waals surface area contributed by atoms with Crippen LogP contribution in [0.1, 0.15) is 21.5 Å². The molecule has 4 nitrogen and oxygen atoms in total. The standard InChI is InChI=1S/C13H11ClN2O2S/c14-11-7-19-13(15-11)16-4-3-8-1-2-9(12(17)18)5-10(8)6-16/h1-2,5,7H,3-4,6H2,(H,17,18). The van der Waals surface area contributed by atoms with Crippen LogP contribution in [0.3, 0.4) is 0 Å². The lowest BCUT2D eigenvalue weighted by Crippen LogP contribution is -2.30. The number of rotatable bonds is 2. The summed E-state index contributed by atoms with van der Waals surface area (Å²) in [6.45, 7) is 1.56. The maximum atomic E-state index is 11.0. The molecule has 0 bridgehead atoms. The van der Waals surface area contributed by atoms with Gasteiger partial charge in [-0.2, -0.15) is 0 Å². The number of hydrogen-bond acceptors (Lipinski definition) is 4. The summed E-state index contributed by atoms with van der Waals surface area (Å²) in [4.78, 5) is 17.4. The SMILES string of the molecule is O=C(O)c1ccc2c(c1)CN(c1nc(Cl)cs1)CC2. The third-order valence-electron chi connectivity index (χ3n) is 3.20. The first kappa shape index (κ1) is 12.4. The summed E-state index contributed by atoms with van der Waals surface area (Å²) in [5, 5.41) is 12.2. The van der Waals surface area contributed by atoms with Crippen LogP contribution in [0.5, 0.6) is 0 Å². The fourth-order valence-corrected chi connectivity index (χ4v) is 3.22. The molecule has 2 heterocycles. The van der Waals surface area contributed by atoms with Crippen molar-refractivity contribution in [2.24, 2.45) is 0 Å². The first-order valence-electron chi connectivity index (χ1n) is 5.84. The van der Waals surface area contributed by atoms with Crippen LogP contribution in [0.25, 0.3) is 0 Å². The number of thiazole rings is 1. The highest BCUT2D eigenvalue weighted by Crippen LogP contribution is 2.29. The lowest BCUT2D eigenvalue weighted by atomic mass is 9.98. The number of hydrogen-bond donors (Lipinski definition) is 1. The van der Waals surface area contributed by atoms with Gasteiger partial charge in [0.05, 0.1) is 5.56 Å². The lowest BCUT2D eigenvalue weighted by molar-refractivity contribution is 0.0696. The number of halogens is 1. The Kier molecular flexibility index (Phi) is 3.16. The van der Waals surface area contributed by atoms with Crippen LogP contribution in [0.2, 0.25) is 5.15 Å². The maximum Gasteiger partial charge on any atom is 0.335 e. The number of carbonyl (C=O) groups is 1. The van der Waals surface area contributed by atoms with Gasteiger partial charge < -0.3 is 10.0 Å².